The predicted octanol–water partition coefficient (Wildman–Crippen LogP) is 3.03. The fourth-order valence-electron chi connectivity index (χ4n) is 3.94. The Morgan fingerprint density at radius 1 is 1.22 bits per heavy atom. The molecule has 1 aliphatic heterocycles. The Morgan fingerprint density at radius 2 is 1.94 bits per heavy atom. The third kappa shape index (κ3) is 4.26. The van der Waals surface area contributed by atoms with Crippen LogP contribution >= 0.6 is 0 Å². The first-order chi connectivity index (χ1) is 15.0. The molecule has 32 heavy (non-hydrogen) atoms. The van der Waals surface area contributed by atoms with Gasteiger partial charge in [-0.2, -0.15) is 18.2 Å². The number of nitrogens with one attached hydrogen (secondary N) is 2. The van der Waals surface area contributed by atoms with E-state index < -0.39 is 11.9 Å². The number of hydrogen-bond donors (Lipinski definition) is 2. The molecule has 0 spiro atoms. The molecule has 1 atom stereocenters. The SMILES string of the molecule is Cc1nc(N[C@H]2C[C@H](Oc3cnc(C(F)(F)F)cn3)C2)nc2c1NC(=O)[C@H](C(C)C)N2C. The normalized spacial score (nSPS) is 22.8. The van der Waals surface area contributed by atoms with E-state index in [-0.39, 0.29) is 35.9 Å². The highest BCUT2D eigenvalue weighted by molar-refractivity contribution is 6.03. The number of amides is 1. The van der Waals surface area contributed by atoms with Gasteiger partial charge in [0.15, 0.2) is 11.5 Å². The van der Waals surface area contributed by atoms with E-state index >= 15 is 0 Å². The molecule has 2 N–H and O–H groups in total. The van der Waals surface area contributed by atoms with Crippen molar-refractivity contribution < 1.29 is 22.7 Å². The van der Waals surface area contributed by atoms with Crippen LogP contribution in [0.3, 0.4) is 0 Å². The maximum atomic E-state index is 12.6. The average Bonchev–Trinajstić information content (AvgIpc) is 2.67. The summed E-state index contributed by atoms with van der Waals surface area (Å²) in [6.45, 7) is 5.77. The van der Waals surface area contributed by atoms with Crippen LogP contribution in [0.25, 0.3) is 0 Å². The molecule has 1 saturated carbocycles. The van der Waals surface area contributed by atoms with E-state index in [4.69, 9.17) is 4.74 Å². The van der Waals surface area contributed by atoms with E-state index in [2.05, 4.69) is 30.6 Å². The van der Waals surface area contributed by atoms with E-state index in [1.807, 2.05) is 32.7 Å². The van der Waals surface area contributed by atoms with Crippen LogP contribution < -0.4 is 20.3 Å². The first kappa shape index (κ1) is 22.0. The minimum absolute atomic E-state index is 0.0456. The van der Waals surface area contributed by atoms with Crippen LogP contribution in [0.4, 0.5) is 30.6 Å². The molecule has 2 aliphatic rings. The molecule has 4 rings (SSSR count). The number of carbonyl (C=O) groups excluding carboxylic acids is 1. The molecular formula is C20H24F3N7O2. The molecule has 9 nitrogen and oxygen atoms in total. The van der Waals surface area contributed by atoms with Gasteiger partial charge >= 0.3 is 6.18 Å². The lowest BCUT2D eigenvalue weighted by Crippen LogP contribution is -2.50. The van der Waals surface area contributed by atoms with Crippen molar-refractivity contribution in [2.24, 2.45) is 5.92 Å². The summed E-state index contributed by atoms with van der Waals surface area (Å²) < 4.78 is 43.3. The summed E-state index contributed by atoms with van der Waals surface area (Å²) in [5.41, 5.74) is 0.210. The Balaban J connectivity index is 1.37. The lowest BCUT2D eigenvalue weighted by molar-refractivity contribution is -0.141. The lowest BCUT2D eigenvalue weighted by atomic mass is 9.89. The third-order valence-electron chi connectivity index (χ3n) is 5.60. The highest BCUT2D eigenvalue weighted by Gasteiger charge is 2.37. The molecule has 1 amide bonds. The van der Waals surface area contributed by atoms with Gasteiger partial charge in [0.2, 0.25) is 17.7 Å². The van der Waals surface area contributed by atoms with Crippen LogP contribution in [-0.2, 0) is 11.0 Å². The van der Waals surface area contributed by atoms with Gasteiger partial charge in [0.25, 0.3) is 0 Å². The van der Waals surface area contributed by atoms with E-state index in [1.54, 1.807) is 0 Å². The summed E-state index contributed by atoms with van der Waals surface area (Å²) in [5, 5.41) is 6.17. The monoisotopic (exact) mass is 451 g/mol. The lowest BCUT2D eigenvalue weighted by Gasteiger charge is -2.38. The number of aryl methyl sites for hydroxylation is 1. The van der Waals surface area contributed by atoms with Crippen molar-refractivity contribution in [2.45, 2.75) is 58.0 Å². The molecular weight excluding hydrogens is 427 g/mol. The summed E-state index contributed by atoms with van der Waals surface area (Å²) in [6.07, 6.45) is -1.85. The highest BCUT2D eigenvalue weighted by Crippen LogP contribution is 2.35. The van der Waals surface area contributed by atoms with Gasteiger partial charge < -0.3 is 20.3 Å². The van der Waals surface area contributed by atoms with Gasteiger partial charge in [-0.05, 0) is 12.8 Å². The first-order valence-electron chi connectivity index (χ1n) is 10.3. The fourth-order valence-corrected chi connectivity index (χ4v) is 3.94. The molecule has 2 aromatic heterocycles. The van der Waals surface area contributed by atoms with Crippen molar-refractivity contribution >= 4 is 23.4 Å². The number of likely N-dealkylation sites (N-methyl/N-ethyl adjacent to an activating group) is 1. The van der Waals surface area contributed by atoms with E-state index in [9.17, 15) is 18.0 Å². The maximum Gasteiger partial charge on any atom is 0.434 e. The number of nitrogens with zero attached hydrogens (tertiary/aromatic N) is 5. The zero-order valence-corrected chi connectivity index (χ0v) is 18.1. The molecule has 172 valence electrons. The highest BCUT2D eigenvalue weighted by atomic mass is 19.4. The smallest absolute Gasteiger partial charge is 0.434 e. The average molecular weight is 451 g/mol. The summed E-state index contributed by atoms with van der Waals surface area (Å²) in [7, 11) is 1.84. The quantitative estimate of drug-likeness (QED) is 0.715. The number of halogens is 3. The van der Waals surface area contributed by atoms with Gasteiger partial charge in [-0.25, -0.2) is 15.0 Å². The van der Waals surface area contributed by atoms with Crippen molar-refractivity contribution in [3.63, 3.8) is 0 Å². The summed E-state index contributed by atoms with van der Waals surface area (Å²) in [4.78, 5) is 30.4. The van der Waals surface area contributed by atoms with Crippen LogP contribution in [0, 0.1) is 12.8 Å². The summed E-state index contributed by atoms with van der Waals surface area (Å²) in [6, 6.07) is -0.278. The number of anilines is 3. The zero-order valence-electron chi connectivity index (χ0n) is 18.1. The Bertz CT molecular complexity index is 1010. The second kappa shape index (κ2) is 8.06. The van der Waals surface area contributed by atoms with Gasteiger partial charge in [-0.15, -0.1) is 0 Å². The minimum atomic E-state index is -4.53. The standard InChI is InChI=1S/C20H24F3N7O2/c1-9(2)16-18(31)28-15-10(3)26-19(29-17(15)30(16)4)27-11-5-12(6-11)32-14-8-24-13(7-25-14)20(21,22)23/h7-9,11-12,16H,5-6H2,1-4H3,(H,28,31)(H,26,27,29)/t11-,12-,16-/m0/s1. The first-order valence-corrected chi connectivity index (χ1v) is 10.3. The van der Waals surface area contributed by atoms with Gasteiger partial charge in [0.1, 0.15) is 17.8 Å². The number of fused-ring (bicyclic) bond motifs is 1. The summed E-state index contributed by atoms with van der Waals surface area (Å²) >= 11 is 0. The van der Waals surface area contributed by atoms with Crippen LogP contribution in [-0.4, -0.2) is 51.1 Å². The van der Waals surface area contributed by atoms with Crippen molar-refractivity contribution in [1.82, 2.24) is 19.9 Å². The van der Waals surface area contributed by atoms with Crippen LogP contribution in [0.2, 0.25) is 0 Å². The van der Waals surface area contributed by atoms with Crippen LogP contribution in [0.1, 0.15) is 38.1 Å². The van der Waals surface area contributed by atoms with Gasteiger partial charge in [-0.1, -0.05) is 13.8 Å². The Morgan fingerprint density at radius 3 is 2.53 bits per heavy atom. The molecule has 0 bridgehead atoms. The van der Waals surface area contributed by atoms with Crippen LogP contribution in [0.5, 0.6) is 5.88 Å². The van der Waals surface area contributed by atoms with Crippen molar-refractivity contribution in [2.75, 3.05) is 22.6 Å². The third-order valence-corrected chi connectivity index (χ3v) is 5.60. The molecule has 12 heteroatoms. The van der Waals surface area contributed by atoms with E-state index in [0.717, 1.165) is 6.20 Å². The topological polar surface area (TPSA) is 105 Å². The maximum absolute atomic E-state index is 12.6. The van der Waals surface area contributed by atoms with E-state index in [0.29, 0.717) is 42.2 Å². The fraction of sp³-hybridized carbons (Fsp3) is 0.550. The Labute approximate surface area is 182 Å². The molecule has 3 heterocycles. The molecule has 0 unspecified atom stereocenters. The molecule has 0 radical (unpaired) electrons. The molecule has 0 aromatic carbocycles. The van der Waals surface area contributed by atoms with Crippen molar-refractivity contribution in [1.29, 1.82) is 0 Å². The number of aromatic nitrogens is 4. The molecule has 2 aromatic rings. The van der Waals surface area contributed by atoms with Crippen molar-refractivity contribution in [3.8, 4) is 5.88 Å². The molecule has 0 saturated heterocycles. The van der Waals surface area contributed by atoms with Crippen molar-refractivity contribution in [3.05, 3.63) is 23.8 Å². The van der Waals surface area contributed by atoms with Gasteiger partial charge in [0, 0.05) is 25.9 Å². The number of carbonyl (C=O) groups is 1. The zero-order chi connectivity index (χ0) is 23.2. The predicted molar refractivity (Wildman–Crippen MR) is 111 cm³/mol. The molecule has 1 fully saturated rings. The van der Waals surface area contributed by atoms with Gasteiger partial charge in [-0.3, -0.25) is 4.79 Å². The summed E-state index contributed by atoms with van der Waals surface area (Å²) in [5.74, 6) is 1.19. The Kier molecular flexibility index (Phi) is 5.55. The largest absolute Gasteiger partial charge is 0.473 e. The number of hydrogen-bond acceptors (Lipinski definition) is 8. The minimum Gasteiger partial charge on any atom is -0.473 e. The number of ether oxygens (including phenoxy) is 1. The number of alkyl halides is 3. The second-order valence-corrected chi connectivity index (χ2v) is 8.41. The van der Waals surface area contributed by atoms with Crippen LogP contribution in [0.15, 0.2) is 12.4 Å². The van der Waals surface area contributed by atoms with Gasteiger partial charge in [0.05, 0.1) is 18.1 Å². The Hall–Kier alpha value is -3.18. The second-order valence-electron chi connectivity index (χ2n) is 8.41. The molecule has 1 aliphatic carbocycles. The van der Waals surface area contributed by atoms with E-state index in [1.165, 1.54) is 0 Å². The number of rotatable bonds is 5.